The smallest absolute Gasteiger partial charge is 0.158 e. The van der Waals surface area contributed by atoms with Crippen molar-refractivity contribution in [1.29, 1.82) is 5.26 Å². The van der Waals surface area contributed by atoms with Gasteiger partial charge in [-0.15, -0.1) is 0 Å². The number of anilines is 1. The van der Waals surface area contributed by atoms with Gasteiger partial charge in [0.25, 0.3) is 0 Å². The van der Waals surface area contributed by atoms with E-state index < -0.39 is 6.17 Å². The highest BCUT2D eigenvalue weighted by Gasteiger charge is 2.43. The summed E-state index contributed by atoms with van der Waals surface area (Å²) >= 11 is 0. The molecule has 3 aromatic rings. The number of halogens is 1. The molecule has 2 saturated heterocycles. The maximum Gasteiger partial charge on any atom is 0.158 e. The SMILES string of the molecule is CN(c1cnc(-c2ccc(-n3cnc(C#N)c3)cc2O)cn1)[C@H]1CC2CCC(N2)[C@H]1F. The maximum absolute atomic E-state index is 14.9. The lowest BCUT2D eigenvalue weighted by Crippen LogP contribution is -2.55. The largest absolute Gasteiger partial charge is 0.507 e. The molecule has 0 saturated carbocycles. The summed E-state index contributed by atoms with van der Waals surface area (Å²) in [5.74, 6) is 0.648. The summed E-state index contributed by atoms with van der Waals surface area (Å²) in [7, 11) is 1.86. The van der Waals surface area contributed by atoms with E-state index in [1.165, 1.54) is 6.33 Å². The number of aromatic hydroxyl groups is 1. The molecule has 2 bridgehead atoms. The molecule has 0 aliphatic carbocycles. The number of hydrogen-bond donors (Lipinski definition) is 2. The Morgan fingerprint density at radius 2 is 2.13 bits per heavy atom. The lowest BCUT2D eigenvalue weighted by molar-refractivity contribution is 0.176. The summed E-state index contributed by atoms with van der Waals surface area (Å²) in [6.07, 6.45) is 8.03. The summed E-state index contributed by atoms with van der Waals surface area (Å²) in [5.41, 5.74) is 2.03. The second-order valence-corrected chi connectivity index (χ2v) is 8.15. The van der Waals surface area contributed by atoms with Gasteiger partial charge in [-0.25, -0.2) is 14.4 Å². The first kappa shape index (κ1) is 19.5. The van der Waals surface area contributed by atoms with Crippen molar-refractivity contribution in [2.75, 3.05) is 11.9 Å². The zero-order valence-corrected chi connectivity index (χ0v) is 17.0. The fourth-order valence-corrected chi connectivity index (χ4v) is 4.58. The Hall–Kier alpha value is -3.51. The van der Waals surface area contributed by atoms with Crippen LogP contribution in [-0.2, 0) is 0 Å². The number of rotatable bonds is 4. The summed E-state index contributed by atoms with van der Waals surface area (Å²) in [5, 5.41) is 22.8. The molecule has 158 valence electrons. The minimum absolute atomic E-state index is 0.0406. The molecule has 0 amide bonds. The molecule has 0 radical (unpaired) electrons. The fourth-order valence-electron chi connectivity index (χ4n) is 4.58. The van der Waals surface area contributed by atoms with Gasteiger partial charge in [0.15, 0.2) is 5.69 Å². The van der Waals surface area contributed by atoms with Crippen LogP contribution in [0.5, 0.6) is 5.75 Å². The topological polar surface area (TPSA) is 103 Å². The monoisotopic (exact) mass is 419 g/mol. The summed E-state index contributed by atoms with van der Waals surface area (Å²) in [4.78, 5) is 14.8. The van der Waals surface area contributed by atoms with Crippen LogP contribution in [0, 0.1) is 11.3 Å². The number of nitrogens with one attached hydrogen (secondary N) is 1. The number of piperidine rings is 1. The average molecular weight is 419 g/mol. The van der Waals surface area contributed by atoms with Crippen molar-refractivity contribution in [3.63, 3.8) is 0 Å². The first-order chi connectivity index (χ1) is 15.0. The predicted octanol–water partition coefficient (Wildman–Crippen LogP) is 2.57. The Kier molecular flexibility index (Phi) is 4.79. The number of imidazole rings is 1. The van der Waals surface area contributed by atoms with Gasteiger partial charge in [0, 0.05) is 37.0 Å². The van der Waals surface area contributed by atoms with Crippen LogP contribution >= 0.6 is 0 Å². The lowest BCUT2D eigenvalue weighted by atomic mass is 9.96. The Morgan fingerprint density at radius 1 is 1.26 bits per heavy atom. The lowest BCUT2D eigenvalue weighted by Gasteiger charge is -2.38. The van der Waals surface area contributed by atoms with Gasteiger partial charge in [-0.2, -0.15) is 5.26 Å². The molecule has 31 heavy (non-hydrogen) atoms. The molecule has 2 aliphatic rings. The highest BCUT2D eigenvalue weighted by Crippen LogP contribution is 2.34. The summed E-state index contributed by atoms with van der Waals surface area (Å²) in [6, 6.07) is 7.17. The molecule has 4 atom stereocenters. The van der Waals surface area contributed by atoms with Crippen LogP contribution in [0.2, 0.25) is 0 Å². The Labute approximate surface area is 179 Å². The van der Waals surface area contributed by atoms with E-state index in [1.54, 1.807) is 41.4 Å². The molecule has 2 aliphatic heterocycles. The number of benzene rings is 1. The van der Waals surface area contributed by atoms with Crippen LogP contribution < -0.4 is 10.2 Å². The Morgan fingerprint density at radius 3 is 2.84 bits per heavy atom. The fraction of sp³-hybridized carbons (Fsp3) is 0.364. The average Bonchev–Trinajstić information content (AvgIpc) is 3.43. The first-order valence-electron chi connectivity index (χ1n) is 10.3. The van der Waals surface area contributed by atoms with Crippen molar-refractivity contribution in [1.82, 2.24) is 24.8 Å². The summed E-state index contributed by atoms with van der Waals surface area (Å²) < 4.78 is 16.5. The number of nitriles is 1. The number of aromatic nitrogens is 4. The molecule has 8 nitrogen and oxygen atoms in total. The quantitative estimate of drug-likeness (QED) is 0.670. The van der Waals surface area contributed by atoms with Crippen molar-refractivity contribution in [2.45, 2.75) is 43.6 Å². The van der Waals surface area contributed by atoms with Crippen molar-refractivity contribution in [2.24, 2.45) is 0 Å². The molecular weight excluding hydrogens is 397 g/mol. The third-order valence-electron chi connectivity index (χ3n) is 6.30. The van der Waals surface area contributed by atoms with Crippen molar-refractivity contribution >= 4 is 5.82 Å². The van der Waals surface area contributed by atoms with Crippen LogP contribution in [0.4, 0.5) is 10.2 Å². The van der Waals surface area contributed by atoms with Gasteiger partial charge in [-0.05, 0) is 31.4 Å². The van der Waals surface area contributed by atoms with Gasteiger partial charge in [-0.1, -0.05) is 0 Å². The van der Waals surface area contributed by atoms with Crippen LogP contribution in [0.3, 0.4) is 0 Å². The molecule has 2 fully saturated rings. The molecule has 4 heterocycles. The first-order valence-corrected chi connectivity index (χ1v) is 10.3. The highest BCUT2D eigenvalue weighted by atomic mass is 19.1. The van der Waals surface area contributed by atoms with E-state index in [1.807, 2.05) is 18.0 Å². The number of phenols is 1. The third kappa shape index (κ3) is 3.49. The van der Waals surface area contributed by atoms with Gasteiger partial charge >= 0.3 is 0 Å². The third-order valence-corrected chi connectivity index (χ3v) is 6.30. The zero-order valence-electron chi connectivity index (χ0n) is 17.0. The molecule has 0 spiro atoms. The number of nitrogens with zero attached hydrogens (tertiary/aromatic N) is 6. The van der Waals surface area contributed by atoms with E-state index in [0.717, 1.165) is 19.3 Å². The van der Waals surface area contributed by atoms with E-state index in [-0.39, 0.29) is 17.8 Å². The number of hydrogen-bond acceptors (Lipinski definition) is 7. The molecule has 2 aromatic heterocycles. The Balaban J connectivity index is 1.35. The van der Waals surface area contributed by atoms with Crippen molar-refractivity contribution in [3.8, 4) is 28.8 Å². The molecule has 2 unspecified atom stereocenters. The molecule has 1 aromatic carbocycles. The van der Waals surface area contributed by atoms with E-state index in [2.05, 4.69) is 20.3 Å². The number of phenolic OH excluding ortho intramolecular Hbond substituents is 1. The van der Waals surface area contributed by atoms with Gasteiger partial charge in [-0.3, -0.25) is 4.98 Å². The Bertz CT molecular complexity index is 1140. The molecule has 9 heteroatoms. The highest BCUT2D eigenvalue weighted by molar-refractivity contribution is 5.68. The van der Waals surface area contributed by atoms with Gasteiger partial charge in [0.1, 0.15) is 30.1 Å². The van der Waals surface area contributed by atoms with E-state index in [0.29, 0.717) is 34.5 Å². The number of fused-ring (bicyclic) bond motifs is 2. The minimum atomic E-state index is -0.938. The summed E-state index contributed by atoms with van der Waals surface area (Å²) in [6.45, 7) is 0. The van der Waals surface area contributed by atoms with Crippen LogP contribution in [0.15, 0.2) is 43.1 Å². The minimum Gasteiger partial charge on any atom is -0.507 e. The van der Waals surface area contributed by atoms with E-state index in [4.69, 9.17) is 5.26 Å². The molecule has 5 rings (SSSR count). The van der Waals surface area contributed by atoms with Crippen LogP contribution in [0.1, 0.15) is 25.0 Å². The van der Waals surface area contributed by atoms with Crippen molar-refractivity contribution < 1.29 is 9.50 Å². The zero-order chi connectivity index (χ0) is 21.5. The second kappa shape index (κ2) is 7.63. The van der Waals surface area contributed by atoms with Gasteiger partial charge in [0.05, 0.1) is 29.8 Å². The predicted molar refractivity (Wildman–Crippen MR) is 113 cm³/mol. The maximum atomic E-state index is 14.9. The van der Waals surface area contributed by atoms with E-state index >= 15 is 0 Å². The van der Waals surface area contributed by atoms with Crippen LogP contribution in [-0.4, -0.2) is 56.0 Å². The second-order valence-electron chi connectivity index (χ2n) is 8.15. The standard InChI is InChI=1S/C22H22FN7O/c1-29(19-6-13-2-5-17(28-13)22(19)23)21-10-25-18(9-26-21)16-4-3-15(7-20(16)31)30-11-14(8-24)27-12-30/h3-4,7,9-13,17,19,22,28,31H,2,5-6H2,1H3/t13?,17?,19-,22+/m0/s1. The van der Waals surface area contributed by atoms with Gasteiger partial charge < -0.3 is 19.9 Å². The van der Waals surface area contributed by atoms with Gasteiger partial charge in [0.2, 0.25) is 0 Å². The van der Waals surface area contributed by atoms with Crippen LogP contribution in [0.25, 0.3) is 16.9 Å². The molecular formula is C22H22FN7O. The van der Waals surface area contributed by atoms with E-state index in [9.17, 15) is 9.50 Å². The van der Waals surface area contributed by atoms with Crippen molar-refractivity contribution in [3.05, 3.63) is 48.8 Å². The normalized spacial score (nSPS) is 24.7. The number of alkyl halides is 1. The molecule has 2 N–H and O–H groups in total.